The van der Waals surface area contributed by atoms with E-state index in [4.69, 9.17) is 16.2 Å². The smallest absolute Gasteiger partial charge is 0.242 e. The molecule has 0 aromatic heterocycles. The van der Waals surface area contributed by atoms with Gasteiger partial charge in [-0.2, -0.15) is 0 Å². The van der Waals surface area contributed by atoms with Crippen molar-refractivity contribution in [1.29, 1.82) is 0 Å². The molecule has 0 aliphatic carbocycles. The lowest BCUT2D eigenvalue weighted by Gasteiger charge is -2.34. The zero-order valence-electron chi connectivity index (χ0n) is 8.81. The van der Waals surface area contributed by atoms with E-state index in [1.165, 1.54) is 4.90 Å². The van der Waals surface area contributed by atoms with Gasteiger partial charge in [-0.05, 0) is 6.42 Å². The van der Waals surface area contributed by atoms with Crippen LogP contribution in [0, 0.1) is 0 Å². The summed E-state index contributed by atoms with van der Waals surface area (Å²) < 4.78 is 5.10. The maximum Gasteiger partial charge on any atom is 0.242 e. The lowest BCUT2D eigenvalue weighted by Crippen LogP contribution is -2.58. The Balaban J connectivity index is 2.71. The Kier molecular flexibility index (Phi) is 4.05. The van der Waals surface area contributed by atoms with Crippen molar-refractivity contribution in [2.75, 3.05) is 19.8 Å². The lowest BCUT2D eigenvalue weighted by atomic mass is 10.1. The second-order valence-electron chi connectivity index (χ2n) is 3.54. The van der Waals surface area contributed by atoms with Crippen LogP contribution in [0.3, 0.4) is 0 Å². The van der Waals surface area contributed by atoms with E-state index in [1.807, 2.05) is 6.92 Å². The summed E-state index contributed by atoms with van der Waals surface area (Å²) in [5, 5.41) is 0. The average Bonchev–Trinajstić information content (AvgIpc) is 2.27. The number of primary amides is 1. The maximum absolute atomic E-state index is 11.8. The van der Waals surface area contributed by atoms with Crippen molar-refractivity contribution in [2.45, 2.75) is 25.4 Å². The quantitative estimate of drug-likeness (QED) is 0.594. The normalized spacial score (nSPS) is 23.6. The van der Waals surface area contributed by atoms with Crippen molar-refractivity contribution < 1.29 is 14.3 Å². The molecule has 0 bridgehead atoms. The Morgan fingerprint density at radius 2 is 2.27 bits per heavy atom. The van der Waals surface area contributed by atoms with Crippen LogP contribution in [0.2, 0.25) is 0 Å². The highest BCUT2D eigenvalue weighted by atomic mass is 16.5. The molecular weight excluding hydrogens is 198 g/mol. The van der Waals surface area contributed by atoms with E-state index in [0.717, 1.165) is 0 Å². The Morgan fingerprint density at radius 3 is 2.80 bits per heavy atom. The molecular formula is C9H17N3O3. The molecule has 0 saturated carbocycles. The number of amides is 2. The summed E-state index contributed by atoms with van der Waals surface area (Å²) in [7, 11) is 0. The summed E-state index contributed by atoms with van der Waals surface area (Å²) in [6.07, 6.45) is 0.543. The van der Waals surface area contributed by atoms with E-state index >= 15 is 0 Å². The van der Waals surface area contributed by atoms with Crippen molar-refractivity contribution in [3.63, 3.8) is 0 Å². The Hall–Kier alpha value is -1.14. The largest absolute Gasteiger partial charge is 0.377 e. The van der Waals surface area contributed by atoms with Gasteiger partial charge in [-0.15, -0.1) is 0 Å². The van der Waals surface area contributed by atoms with Crippen molar-refractivity contribution in [3.8, 4) is 0 Å². The van der Waals surface area contributed by atoms with E-state index in [2.05, 4.69) is 0 Å². The first-order valence-corrected chi connectivity index (χ1v) is 5.01. The summed E-state index contributed by atoms with van der Waals surface area (Å²) in [5.41, 5.74) is 10.8. The predicted octanol–water partition coefficient (Wildman–Crippen LogP) is -1.56. The number of nitrogens with zero attached hydrogens (tertiary/aromatic N) is 1. The van der Waals surface area contributed by atoms with Crippen LogP contribution < -0.4 is 11.5 Å². The Labute approximate surface area is 88.5 Å². The second kappa shape index (κ2) is 5.09. The number of hydrogen-bond donors (Lipinski definition) is 2. The SMILES string of the molecule is CCC(N)C(=O)N1CCOCC1C(N)=O. The second-order valence-corrected chi connectivity index (χ2v) is 3.54. The first-order valence-electron chi connectivity index (χ1n) is 5.01. The number of morpholine rings is 1. The monoisotopic (exact) mass is 215 g/mol. The average molecular weight is 215 g/mol. The van der Waals surface area contributed by atoms with Crippen molar-refractivity contribution in [2.24, 2.45) is 11.5 Å². The van der Waals surface area contributed by atoms with E-state index in [-0.39, 0.29) is 12.5 Å². The third-order valence-corrected chi connectivity index (χ3v) is 2.50. The molecule has 0 aromatic carbocycles. The van der Waals surface area contributed by atoms with Gasteiger partial charge in [0.25, 0.3) is 0 Å². The number of ether oxygens (including phenoxy) is 1. The predicted molar refractivity (Wildman–Crippen MR) is 53.8 cm³/mol. The first kappa shape index (κ1) is 11.9. The fraction of sp³-hybridized carbons (Fsp3) is 0.778. The summed E-state index contributed by atoms with van der Waals surface area (Å²) in [5.74, 6) is -0.782. The molecule has 2 atom stereocenters. The molecule has 1 fully saturated rings. The number of carbonyl (C=O) groups excluding carboxylic acids is 2. The molecule has 6 heteroatoms. The topological polar surface area (TPSA) is 98.7 Å². The summed E-state index contributed by atoms with van der Waals surface area (Å²) >= 11 is 0. The van der Waals surface area contributed by atoms with Gasteiger partial charge in [0.1, 0.15) is 6.04 Å². The molecule has 4 N–H and O–H groups in total. The van der Waals surface area contributed by atoms with Crippen LogP contribution in [0.5, 0.6) is 0 Å². The zero-order valence-corrected chi connectivity index (χ0v) is 8.81. The highest BCUT2D eigenvalue weighted by molar-refractivity contribution is 5.89. The van der Waals surface area contributed by atoms with E-state index < -0.39 is 18.0 Å². The van der Waals surface area contributed by atoms with Gasteiger partial charge in [0, 0.05) is 6.54 Å². The van der Waals surface area contributed by atoms with Crippen molar-refractivity contribution in [1.82, 2.24) is 4.90 Å². The van der Waals surface area contributed by atoms with Crippen LogP contribution >= 0.6 is 0 Å². The van der Waals surface area contributed by atoms with Gasteiger partial charge >= 0.3 is 0 Å². The minimum absolute atomic E-state index is 0.164. The van der Waals surface area contributed by atoms with Crippen LogP contribution in [0.1, 0.15) is 13.3 Å². The molecule has 1 rings (SSSR count). The minimum Gasteiger partial charge on any atom is -0.377 e. The van der Waals surface area contributed by atoms with Gasteiger partial charge in [-0.3, -0.25) is 9.59 Å². The minimum atomic E-state index is -0.677. The molecule has 6 nitrogen and oxygen atoms in total. The van der Waals surface area contributed by atoms with Crippen LogP contribution in [0.25, 0.3) is 0 Å². The summed E-state index contributed by atoms with van der Waals surface area (Å²) in [6.45, 7) is 2.78. The van der Waals surface area contributed by atoms with Gasteiger partial charge in [-0.1, -0.05) is 6.92 Å². The molecule has 86 valence electrons. The van der Waals surface area contributed by atoms with Crippen molar-refractivity contribution >= 4 is 11.8 Å². The molecule has 1 aliphatic rings. The highest BCUT2D eigenvalue weighted by Crippen LogP contribution is 2.09. The molecule has 0 aromatic rings. The van der Waals surface area contributed by atoms with E-state index in [9.17, 15) is 9.59 Å². The molecule has 1 heterocycles. The fourth-order valence-corrected chi connectivity index (χ4v) is 1.49. The molecule has 15 heavy (non-hydrogen) atoms. The van der Waals surface area contributed by atoms with Gasteiger partial charge in [0.2, 0.25) is 11.8 Å². The van der Waals surface area contributed by atoms with Gasteiger partial charge in [0.05, 0.1) is 19.3 Å². The van der Waals surface area contributed by atoms with Crippen LogP contribution in [-0.2, 0) is 14.3 Å². The molecule has 2 amide bonds. The molecule has 0 radical (unpaired) electrons. The van der Waals surface area contributed by atoms with E-state index in [1.54, 1.807) is 0 Å². The number of nitrogens with two attached hydrogens (primary N) is 2. The number of carbonyl (C=O) groups is 2. The standard InChI is InChI=1S/C9H17N3O3/c1-2-6(10)9(14)12-3-4-15-5-7(12)8(11)13/h6-7H,2-5,10H2,1H3,(H2,11,13). The molecule has 1 aliphatic heterocycles. The summed E-state index contributed by atoms with van der Waals surface area (Å²) in [6, 6.07) is -1.24. The lowest BCUT2D eigenvalue weighted by molar-refractivity contribution is -0.148. The molecule has 1 saturated heterocycles. The Morgan fingerprint density at radius 1 is 1.60 bits per heavy atom. The Bertz CT molecular complexity index is 257. The number of rotatable bonds is 3. The third-order valence-electron chi connectivity index (χ3n) is 2.50. The first-order chi connectivity index (χ1) is 7.07. The van der Waals surface area contributed by atoms with Crippen LogP contribution in [0.15, 0.2) is 0 Å². The number of hydrogen-bond acceptors (Lipinski definition) is 4. The van der Waals surface area contributed by atoms with Crippen LogP contribution in [0.4, 0.5) is 0 Å². The van der Waals surface area contributed by atoms with Gasteiger partial charge in [-0.25, -0.2) is 0 Å². The molecule has 0 spiro atoms. The van der Waals surface area contributed by atoms with Crippen LogP contribution in [-0.4, -0.2) is 48.6 Å². The van der Waals surface area contributed by atoms with E-state index in [0.29, 0.717) is 19.6 Å². The van der Waals surface area contributed by atoms with Gasteiger partial charge < -0.3 is 21.1 Å². The maximum atomic E-state index is 11.8. The summed E-state index contributed by atoms with van der Waals surface area (Å²) in [4.78, 5) is 24.3. The third kappa shape index (κ3) is 2.66. The highest BCUT2D eigenvalue weighted by Gasteiger charge is 2.33. The van der Waals surface area contributed by atoms with Crippen molar-refractivity contribution in [3.05, 3.63) is 0 Å². The van der Waals surface area contributed by atoms with Gasteiger partial charge in [0.15, 0.2) is 0 Å². The fourth-order valence-electron chi connectivity index (χ4n) is 1.49. The zero-order chi connectivity index (χ0) is 11.4. The molecule has 2 unspecified atom stereocenters.